The first-order valence-electron chi connectivity index (χ1n) is 6.27. The molecule has 0 saturated heterocycles. The van der Waals surface area contributed by atoms with Gasteiger partial charge in [0.15, 0.2) is 5.13 Å². The highest BCUT2D eigenvalue weighted by atomic mass is 32.1. The number of hydrogen-bond donors (Lipinski definition) is 1. The molecule has 0 bridgehead atoms. The Hall–Kier alpha value is -0.610. The van der Waals surface area contributed by atoms with E-state index in [2.05, 4.69) is 46.6 Å². The third kappa shape index (κ3) is 2.99. The maximum Gasteiger partial charge on any atom is 0.186 e. The third-order valence-corrected chi connectivity index (χ3v) is 4.68. The van der Waals surface area contributed by atoms with Crippen LogP contribution in [0.5, 0.6) is 0 Å². The van der Waals surface area contributed by atoms with E-state index >= 15 is 0 Å². The molecular formula is C13H25N3S. The summed E-state index contributed by atoms with van der Waals surface area (Å²) in [6.45, 7) is 11.6. The van der Waals surface area contributed by atoms with Crippen LogP contribution in [0, 0.1) is 0 Å². The molecule has 3 nitrogen and oxygen atoms in total. The van der Waals surface area contributed by atoms with Crippen molar-refractivity contribution in [3.8, 4) is 0 Å². The molecule has 1 aromatic heterocycles. The maximum atomic E-state index is 5.80. The van der Waals surface area contributed by atoms with E-state index < -0.39 is 0 Å². The highest BCUT2D eigenvalue weighted by molar-refractivity contribution is 7.15. The summed E-state index contributed by atoms with van der Waals surface area (Å²) in [6, 6.07) is 0. The number of aromatic nitrogens is 1. The average molecular weight is 255 g/mol. The van der Waals surface area contributed by atoms with Crippen molar-refractivity contribution in [3.63, 3.8) is 0 Å². The zero-order valence-electron chi connectivity index (χ0n) is 11.9. The molecule has 0 atom stereocenters. The summed E-state index contributed by atoms with van der Waals surface area (Å²) in [6.07, 6.45) is 1.10. The summed E-state index contributed by atoms with van der Waals surface area (Å²) in [7, 11) is 2.12. The van der Waals surface area contributed by atoms with Gasteiger partial charge in [0.25, 0.3) is 0 Å². The van der Waals surface area contributed by atoms with Crippen LogP contribution in [0.15, 0.2) is 0 Å². The van der Waals surface area contributed by atoms with E-state index in [1.165, 1.54) is 4.88 Å². The molecule has 0 aliphatic carbocycles. The van der Waals surface area contributed by atoms with E-state index in [4.69, 9.17) is 10.7 Å². The lowest BCUT2D eigenvalue weighted by molar-refractivity contribution is 0.469. The predicted molar refractivity (Wildman–Crippen MR) is 76.9 cm³/mol. The molecule has 0 fully saturated rings. The Bertz CT molecular complexity index is 369. The van der Waals surface area contributed by atoms with Gasteiger partial charge >= 0.3 is 0 Å². The fourth-order valence-electron chi connectivity index (χ4n) is 1.59. The molecule has 17 heavy (non-hydrogen) atoms. The Morgan fingerprint density at radius 1 is 1.41 bits per heavy atom. The zero-order chi connectivity index (χ0) is 13.2. The van der Waals surface area contributed by atoms with Gasteiger partial charge in [0.1, 0.15) is 0 Å². The lowest BCUT2D eigenvalue weighted by Gasteiger charge is -2.34. The van der Waals surface area contributed by atoms with E-state index in [1.54, 1.807) is 11.3 Å². The van der Waals surface area contributed by atoms with Gasteiger partial charge in [-0.25, -0.2) is 4.98 Å². The fourth-order valence-corrected chi connectivity index (χ4v) is 2.81. The van der Waals surface area contributed by atoms with Crippen molar-refractivity contribution in [2.24, 2.45) is 5.73 Å². The first kappa shape index (κ1) is 14.5. The second-order valence-electron chi connectivity index (χ2n) is 5.39. The molecule has 4 heteroatoms. The molecule has 1 rings (SSSR count). The third-order valence-electron chi connectivity index (χ3n) is 3.51. The molecule has 1 aromatic rings. The number of nitrogens with zero attached hydrogens (tertiary/aromatic N) is 2. The minimum Gasteiger partial charge on any atom is -0.346 e. The molecule has 0 radical (unpaired) electrons. The van der Waals surface area contributed by atoms with E-state index in [-0.39, 0.29) is 5.54 Å². The van der Waals surface area contributed by atoms with Crippen LogP contribution in [0.25, 0.3) is 0 Å². The monoisotopic (exact) mass is 255 g/mol. The Labute approximate surface area is 109 Å². The highest BCUT2D eigenvalue weighted by Gasteiger charge is 2.25. The Morgan fingerprint density at radius 3 is 2.35 bits per heavy atom. The summed E-state index contributed by atoms with van der Waals surface area (Å²) in [4.78, 5) is 8.24. The van der Waals surface area contributed by atoms with Gasteiger partial charge < -0.3 is 10.6 Å². The van der Waals surface area contributed by atoms with E-state index in [0.717, 1.165) is 17.2 Å². The van der Waals surface area contributed by atoms with Crippen molar-refractivity contribution in [3.05, 3.63) is 10.6 Å². The number of anilines is 1. The number of thiazole rings is 1. The molecule has 0 aliphatic heterocycles. The first-order chi connectivity index (χ1) is 7.83. The summed E-state index contributed by atoms with van der Waals surface area (Å²) in [5.74, 6) is 0.441. The molecule has 0 unspecified atom stereocenters. The van der Waals surface area contributed by atoms with Gasteiger partial charge in [0, 0.05) is 24.0 Å². The normalized spacial score (nSPS) is 12.2. The average Bonchev–Trinajstić information content (AvgIpc) is 2.71. The van der Waals surface area contributed by atoms with Crippen LogP contribution >= 0.6 is 11.3 Å². The summed E-state index contributed by atoms with van der Waals surface area (Å²) >= 11 is 1.73. The second kappa shape index (κ2) is 5.36. The largest absolute Gasteiger partial charge is 0.346 e. The maximum absolute atomic E-state index is 5.80. The summed E-state index contributed by atoms with van der Waals surface area (Å²) in [5.41, 5.74) is 7.09. The molecule has 98 valence electrons. The van der Waals surface area contributed by atoms with Crippen molar-refractivity contribution in [1.29, 1.82) is 0 Å². The van der Waals surface area contributed by atoms with Crippen molar-refractivity contribution in [1.82, 2.24) is 4.98 Å². The van der Waals surface area contributed by atoms with Crippen molar-refractivity contribution in [2.45, 2.75) is 59.0 Å². The minimum absolute atomic E-state index is 0.137. The molecule has 0 aliphatic rings. The van der Waals surface area contributed by atoms with Crippen LogP contribution in [-0.2, 0) is 6.54 Å². The van der Waals surface area contributed by atoms with Crippen LogP contribution in [0.3, 0.4) is 0 Å². The molecule has 0 saturated carbocycles. The Kier molecular flexibility index (Phi) is 4.55. The molecule has 1 heterocycles. The van der Waals surface area contributed by atoms with Gasteiger partial charge in [-0.3, -0.25) is 0 Å². The van der Waals surface area contributed by atoms with Crippen molar-refractivity contribution in [2.75, 3.05) is 11.9 Å². The van der Waals surface area contributed by atoms with Gasteiger partial charge in [-0.15, -0.1) is 11.3 Å². The standard InChI is InChI=1S/C13H25N3S/c1-7-13(4,5)16(6)12-15-11(9(2)3)10(8-14)17-12/h9H,7-8,14H2,1-6H3. The Balaban J connectivity index is 3.08. The van der Waals surface area contributed by atoms with Gasteiger partial charge in [0.05, 0.1) is 5.69 Å². The van der Waals surface area contributed by atoms with Gasteiger partial charge in [0.2, 0.25) is 0 Å². The first-order valence-corrected chi connectivity index (χ1v) is 7.08. The van der Waals surface area contributed by atoms with Crippen LogP contribution in [0.1, 0.15) is 57.5 Å². The number of rotatable bonds is 5. The van der Waals surface area contributed by atoms with Crippen LogP contribution in [0.4, 0.5) is 5.13 Å². The van der Waals surface area contributed by atoms with Crippen molar-refractivity contribution < 1.29 is 0 Å². The minimum atomic E-state index is 0.137. The highest BCUT2D eigenvalue weighted by Crippen LogP contribution is 2.33. The smallest absolute Gasteiger partial charge is 0.186 e. The predicted octanol–water partition coefficient (Wildman–Crippen LogP) is 3.35. The molecule has 0 aromatic carbocycles. The molecule has 2 N–H and O–H groups in total. The summed E-state index contributed by atoms with van der Waals surface area (Å²) < 4.78 is 0. The SMILES string of the molecule is CCC(C)(C)N(C)c1nc(C(C)C)c(CN)s1. The fraction of sp³-hybridized carbons (Fsp3) is 0.769. The summed E-state index contributed by atoms with van der Waals surface area (Å²) in [5, 5.41) is 1.08. The van der Waals surface area contributed by atoms with Gasteiger partial charge in [-0.2, -0.15) is 0 Å². The van der Waals surface area contributed by atoms with Crippen LogP contribution in [0.2, 0.25) is 0 Å². The Morgan fingerprint density at radius 2 is 2.00 bits per heavy atom. The van der Waals surface area contributed by atoms with Crippen LogP contribution in [-0.4, -0.2) is 17.6 Å². The quantitative estimate of drug-likeness (QED) is 0.877. The molecular weight excluding hydrogens is 230 g/mol. The molecule has 0 spiro atoms. The van der Waals surface area contributed by atoms with E-state index in [9.17, 15) is 0 Å². The topological polar surface area (TPSA) is 42.2 Å². The van der Waals surface area contributed by atoms with E-state index in [0.29, 0.717) is 12.5 Å². The van der Waals surface area contributed by atoms with E-state index in [1.807, 2.05) is 0 Å². The van der Waals surface area contributed by atoms with Crippen LogP contribution < -0.4 is 10.6 Å². The zero-order valence-corrected chi connectivity index (χ0v) is 12.7. The lowest BCUT2D eigenvalue weighted by atomic mass is 10.0. The lowest BCUT2D eigenvalue weighted by Crippen LogP contribution is -2.40. The second-order valence-corrected chi connectivity index (χ2v) is 6.45. The molecule has 0 amide bonds. The number of hydrogen-bond acceptors (Lipinski definition) is 4. The number of nitrogens with two attached hydrogens (primary N) is 1. The van der Waals surface area contributed by atoms with Gasteiger partial charge in [-0.1, -0.05) is 20.8 Å². The van der Waals surface area contributed by atoms with Gasteiger partial charge in [-0.05, 0) is 26.2 Å². The van der Waals surface area contributed by atoms with Crippen molar-refractivity contribution >= 4 is 16.5 Å².